The summed E-state index contributed by atoms with van der Waals surface area (Å²) in [6.45, 7) is 0. The predicted molar refractivity (Wildman–Crippen MR) is 115 cm³/mol. The van der Waals surface area contributed by atoms with Crippen LogP contribution in [0.2, 0.25) is 0 Å². The Labute approximate surface area is 170 Å². The van der Waals surface area contributed by atoms with Crippen molar-refractivity contribution in [2.75, 3.05) is 7.11 Å². The van der Waals surface area contributed by atoms with Crippen molar-refractivity contribution in [3.8, 4) is 17.1 Å². The Morgan fingerprint density at radius 1 is 1.04 bits per heavy atom. The Bertz CT molecular complexity index is 1220. The number of methoxy groups -OCH3 is 1. The number of ether oxygens (including phenoxy) is 1. The minimum absolute atomic E-state index is 0.227. The van der Waals surface area contributed by atoms with Crippen LogP contribution >= 0.6 is 15.9 Å². The largest absolute Gasteiger partial charge is 0.497 e. The normalized spacial score (nSPS) is 11.2. The number of aromatic nitrogens is 2. The summed E-state index contributed by atoms with van der Waals surface area (Å²) in [7, 11) is 1.62. The quantitative estimate of drug-likeness (QED) is 0.437. The lowest BCUT2D eigenvalue weighted by Gasteiger charge is -2.09. The molecule has 0 aliphatic rings. The monoisotopic (exact) mass is 433 g/mol. The van der Waals surface area contributed by atoms with Gasteiger partial charge in [-0.15, -0.1) is 0 Å². The Kier molecular flexibility index (Phi) is 5.04. The van der Waals surface area contributed by atoms with Crippen LogP contribution in [-0.4, -0.2) is 23.0 Å². The Balaban J connectivity index is 1.90. The minimum Gasteiger partial charge on any atom is -0.497 e. The topological polar surface area (TPSA) is 56.5 Å². The van der Waals surface area contributed by atoms with Crippen molar-refractivity contribution >= 4 is 33.0 Å². The number of nitrogens with zero attached hydrogens (tertiary/aromatic N) is 3. The maximum atomic E-state index is 13.2. The van der Waals surface area contributed by atoms with E-state index in [1.807, 2.05) is 66.7 Å². The summed E-state index contributed by atoms with van der Waals surface area (Å²) in [6, 6.07) is 22.5. The van der Waals surface area contributed by atoms with Crippen molar-refractivity contribution < 1.29 is 4.74 Å². The zero-order valence-electron chi connectivity index (χ0n) is 15.0. The number of halogens is 1. The zero-order valence-corrected chi connectivity index (χ0v) is 16.6. The maximum absolute atomic E-state index is 13.2. The highest BCUT2D eigenvalue weighted by Crippen LogP contribution is 2.21. The Hall–Kier alpha value is -3.25. The van der Waals surface area contributed by atoms with E-state index in [9.17, 15) is 4.79 Å². The first kappa shape index (κ1) is 18.1. The van der Waals surface area contributed by atoms with E-state index < -0.39 is 0 Å². The molecule has 0 amide bonds. The molecular formula is C22H16BrN3O2. The van der Waals surface area contributed by atoms with Gasteiger partial charge in [-0.2, -0.15) is 9.78 Å². The molecule has 0 N–H and O–H groups in total. The van der Waals surface area contributed by atoms with Gasteiger partial charge in [-0.05, 0) is 48.0 Å². The van der Waals surface area contributed by atoms with Crippen LogP contribution in [0.1, 0.15) is 5.56 Å². The summed E-state index contributed by atoms with van der Waals surface area (Å²) < 4.78 is 7.33. The van der Waals surface area contributed by atoms with Gasteiger partial charge in [0.2, 0.25) is 0 Å². The van der Waals surface area contributed by atoms with E-state index in [1.165, 1.54) is 4.68 Å². The average molecular weight is 434 g/mol. The second-order valence-corrected chi connectivity index (χ2v) is 7.01. The lowest BCUT2D eigenvalue weighted by molar-refractivity contribution is 0.415. The fraction of sp³-hybridized carbons (Fsp3) is 0.0455. The first-order valence-corrected chi connectivity index (χ1v) is 9.41. The van der Waals surface area contributed by atoms with Gasteiger partial charge in [0.1, 0.15) is 5.75 Å². The third-order valence-electron chi connectivity index (χ3n) is 4.28. The number of hydrogen-bond donors (Lipinski definition) is 0. The molecule has 0 fully saturated rings. The molecular weight excluding hydrogens is 418 g/mol. The van der Waals surface area contributed by atoms with Crippen LogP contribution in [0.4, 0.5) is 0 Å². The van der Waals surface area contributed by atoms with Gasteiger partial charge in [0.25, 0.3) is 5.56 Å². The SMILES string of the molecule is COc1ccc(/C=N/n2c(-c3ccccc3)nc3ccc(Br)cc3c2=O)cc1. The van der Waals surface area contributed by atoms with E-state index >= 15 is 0 Å². The van der Waals surface area contributed by atoms with Crippen LogP contribution in [0.5, 0.6) is 5.75 Å². The first-order valence-electron chi connectivity index (χ1n) is 8.62. The molecule has 28 heavy (non-hydrogen) atoms. The number of benzene rings is 3. The van der Waals surface area contributed by atoms with E-state index in [2.05, 4.69) is 21.0 Å². The molecule has 0 unspecified atom stereocenters. The lowest BCUT2D eigenvalue weighted by atomic mass is 10.2. The molecule has 0 spiro atoms. The second kappa shape index (κ2) is 7.78. The summed E-state index contributed by atoms with van der Waals surface area (Å²) >= 11 is 3.42. The van der Waals surface area contributed by atoms with Crippen molar-refractivity contribution in [1.82, 2.24) is 9.66 Å². The zero-order chi connectivity index (χ0) is 19.5. The van der Waals surface area contributed by atoms with E-state index in [1.54, 1.807) is 19.4 Å². The molecule has 0 atom stereocenters. The second-order valence-electron chi connectivity index (χ2n) is 6.10. The molecule has 4 aromatic rings. The number of fused-ring (bicyclic) bond motifs is 1. The third kappa shape index (κ3) is 3.59. The standard InChI is InChI=1S/C22H16BrN3O2/c1-28-18-10-7-15(8-11-18)14-24-26-21(16-5-3-2-4-6-16)25-20-12-9-17(23)13-19(20)22(26)27/h2-14H,1H3/b24-14+. The van der Waals surface area contributed by atoms with Gasteiger partial charge in [0, 0.05) is 10.0 Å². The Morgan fingerprint density at radius 3 is 2.50 bits per heavy atom. The first-order chi connectivity index (χ1) is 13.7. The summed E-state index contributed by atoms with van der Waals surface area (Å²) in [4.78, 5) is 17.9. The van der Waals surface area contributed by atoms with Gasteiger partial charge >= 0.3 is 0 Å². The van der Waals surface area contributed by atoms with E-state index in [4.69, 9.17) is 9.72 Å². The third-order valence-corrected chi connectivity index (χ3v) is 4.77. The van der Waals surface area contributed by atoms with Crippen LogP contribution in [0.25, 0.3) is 22.3 Å². The molecule has 6 heteroatoms. The molecule has 0 aliphatic heterocycles. The van der Waals surface area contributed by atoms with Crippen molar-refractivity contribution in [2.45, 2.75) is 0 Å². The minimum atomic E-state index is -0.227. The van der Waals surface area contributed by atoms with Gasteiger partial charge in [0.15, 0.2) is 5.82 Å². The summed E-state index contributed by atoms with van der Waals surface area (Å²) in [5.41, 5.74) is 2.07. The number of rotatable bonds is 4. The van der Waals surface area contributed by atoms with Gasteiger partial charge in [0.05, 0.1) is 24.2 Å². The predicted octanol–water partition coefficient (Wildman–Crippen LogP) is 4.72. The molecule has 5 nitrogen and oxygen atoms in total. The van der Waals surface area contributed by atoms with Gasteiger partial charge < -0.3 is 4.74 Å². The van der Waals surface area contributed by atoms with Gasteiger partial charge in [-0.3, -0.25) is 4.79 Å². The van der Waals surface area contributed by atoms with Crippen molar-refractivity contribution in [3.05, 3.63) is 93.2 Å². The fourth-order valence-corrected chi connectivity index (χ4v) is 3.21. The molecule has 0 bridgehead atoms. The van der Waals surface area contributed by atoms with E-state index in [0.29, 0.717) is 16.7 Å². The summed E-state index contributed by atoms with van der Waals surface area (Å²) in [6.07, 6.45) is 1.64. The van der Waals surface area contributed by atoms with Crippen LogP contribution in [0.15, 0.2) is 87.2 Å². The highest BCUT2D eigenvalue weighted by Gasteiger charge is 2.12. The maximum Gasteiger partial charge on any atom is 0.282 e. The van der Waals surface area contributed by atoms with Crippen LogP contribution in [0, 0.1) is 0 Å². The Morgan fingerprint density at radius 2 is 1.79 bits per heavy atom. The van der Waals surface area contributed by atoms with Crippen LogP contribution in [-0.2, 0) is 0 Å². The molecule has 0 saturated carbocycles. The molecule has 0 saturated heterocycles. The highest BCUT2D eigenvalue weighted by atomic mass is 79.9. The van der Waals surface area contributed by atoms with Gasteiger partial charge in [-0.1, -0.05) is 46.3 Å². The van der Waals surface area contributed by atoms with Crippen molar-refractivity contribution in [2.24, 2.45) is 5.10 Å². The molecule has 138 valence electrons. The molecule has 4 rings (SSSR count). The summed E-state index contributed by atoms with van der Waals surface area (Å²) in [5.74, 6) is 1.25. The molecule has 1 heterocycles. The lowest BCUT2D eigenvalue weighted by Crippen LogP contribution is -2.20. The molecule has 0 aliphatic carbocycles. The van der Waals surface area contributed by atoms with Crippen molar-refractivity contribution in [3.63, 3.8) is 0 Å². The molecule has 3 aromatic carbocycles. The van der Waals surface area contributed by atoms with E-state index in [-0.39, 0.29) is 5.56 Å². The van der Waals surface area contributed by atoms with Crippen LogP contribution in [0.3, 0.4) is 0 Å². The average Bonchev–Trinajstić information content (AvgIpc) is 2.74. The smallest absolute Gasteiger partial charge is 0.282 e. The van der Waals surface area contributed by atoms with Crippen molar-refractivity contribution in [1.29, 1.82) is 0 Å². The fourth-order valence-electron chi connectivity index (χ4n) is 2.84. The summed E-state index contributed by atoms with van der Waals surface area (Å²) in [5, 5.41) is 4.95. The molecule has 0 radical (unpaired) electrons. The molecule has 1 aromatic heterocycles. The van der Waals surface area contributed by atoms with Gasteiger partial charge in [-0.25, -0.2) is 4.98 Å². The van der Waals surface area contributed by atoms with Crippen LogP contribution < -0.4 is 10.3 Å². The number of hydrogen-bond acceptors (Lipinski definition) is 4. The van der Waals surface area contributed by atoms with E-state index in [0.717, 1.165) is 21.3 Å². The highest BCUT2D eigenvalue weighted by molar-refractivity contribution is 9.10.